The third kappa shape index (κ3) is 9.45. The summed E-state index contributed by atoms with van der Waals surface area (Å²) in [5.41, 5.74) is 0.795. The van der Waals surface area contributed by atoms with Gasteiger partial charge < -0.3 is 40.5 Å². The number of hydrogen-bond donors (Lipinski definition) is 4. The maximum absolute atomic E-state index is 12.7. The molecule has 2 atom stereocenters. The molecule has 15 heteroatoms. The normalized spacial score (nSPS) is 17.6. The van der Waals surface area contributed by atoms with E-state index in [9.17, 15) is 33.6 Å². The molecule has 2 heterocycles. The molecule has 1 aromatic carbocycles. The van der Waals surface area contributed by atoms with Crippen molar-refractivity contribution >= 4 is 41.6 Å². The van der Waals surface area contributed by atoms with E-state index in [1.807, 2.05) is 18.2 Å². The highest BCUT2D eigenvalue weighted by Crippen LogP contribution is 2.18. The summed E-state index contributed by atoms with van der Waals surface area (Å²) in [6.45, 7) is -0.763. The monoisotopic (exact) mass is 588 g/mol. The number of carbonyl (C=O) groups is 7. The first-order chi connectivity index (χ1) is 20.2. The first kappa shape index (κ1) is 31.8. The van der Waals surface area contributed by atoms with Gasteiger partial charge in [-0.25, -0.2) is 4.79 Å². The van der Waals surface area contributed by atoms with Gasteiger partial charge in [0.15, 0.2) is 0 Å². The van der Waals surface area contributed by atoms with Crippen LogP contribution in [-0.4, -0.2) is 110 Å². The van der Waals surface area contributed by atoms with Crippen molar-refractivity contribution in [2.24, 2.45) is 0 Å². The molecule has 0 aliphatic carbocycles. The maximum Gasteiger partial charge on any atom is 0.407 e. The van der Waals surface area contributed by atoms with E-state index < -0.39 is 60.2 Å². The van der Waals surface area contributed by atoms with Crippen LogP contribution in [0.1, 0.15) is 31.2 Å². The predicted molar refractivity (Wildman–Crippen MR) is 145 cm³/mol. The molecular weight excluding hydrogens is 552 g/mol. The minimum Gasteiger partial charge on any atom is -0.468 e. The molecule has 2 aliphatic rings. The molecular formula is C27H36N6O9. The molecule has 0 saturated carbocycles. The van der Waals surface area contributed by atoms with E-state index in [-0.39, 0.29) is 26.2 Å². The number of ether oxygens (including phenoxy) is 2. The number of alkyl carbamates (subject to hydrolysis) is 1. The molecule has 2 saturated heterocycles. The Bertz CT molecular complexity index is 1160. The number of likely N-dealkylation sites (tertiary alicyclic amines) is 2. The molecule has 42 heavy (non-hydrogen) atoms. The Morgan fingerprint density at radius 1 is 0.738 bits per heavy atom. The minimum absolute atomic E-state index is 0.0499. The number of esters is 1. The smallest absolute Gasteiger partial charge is 0.407 e. The average Bonchev–Trinajstić information content (AvgIpc) is 3.70. The summed E-state index contributed by atoms with van der Waals surface area (Å²) in [4.78, 5) is 88.5. The highest BCUT2D eigenvalue weighted by molar-refractivity contribution is 5.94. The average molecular weight is 589 g/mol. The zero-order valence-corrected chi connectivity index (χ0v) is 23.4. The van der Waals surface area contributed by atoms with Crippen molar-refractivity contribution < 1.29 is 43.0 Å². The van der Waals surface area contributed by atoms with Gasteiger partial charge in [0, 0.05) is 13.1 Å². The Hall–Kier alpha value is -4.69. The van der Waals surface area contributed by atoms with Gasteiger partial charge in [0.2, 0.25) is 29.5 Å². The van der Waals surface area contributed by atoms with Crippen molar-refractivity contribution in [1.82, 2.24) is 31.1 Å². The summed E-state index contributed by atoms with van der Waals surface area (Å²) >= 11 is 0. The van der Waals surface area contributed by atoms with Crippen LogP contribution in [-0.2, 0) is 44.8 Å². The summed E-state index contributed by atoms with van der Waals surface area (Å²) in [5.74, 6) is -3.20. The Kier molecular flexibility index (Phi) is 12.1. The van der Waals surface area contributed by atoms with E-state index in [1.54, 1.807) is 12.1 Å². The number of methoxy groups -OCH3 is 1. The fourth-order valence-electron chi connectivity index (χ4n) is 4.67. The van der Waals surface area contributed by atoms with Crippen molar-refractivity contribution in [3.05, 3.63) is 35.9 Å². The predicted octanol–water partition coefficient (Wildman–Crippen LogP) is -1.58. The first-order valence-electron chi connectivity index (χ1n) is 13.6. The summed E-state index contributed by atoms with van der Waals surface area (Å²) in [5, 5.41) is 9.71. The van der Waals surface area contributed by atoms with E-state index in [2.05, 4.69) is 26.0 Å². The molecule has 0 aromatic heterocycles. The van der Waals surface area contributed by atoms with Crippen LogP contribution in [0.4, 0.5) is 4.79 Å². The number of carbonyl (C=O) groups excluding carboxylic acids is 7. The number of benzene rings is 1. The summed E-state index contributed by atoms with van der Waals surface area (Å²) in [7, 11) is 1.20. The zero-order chi connectivity index (χ0) is 30.5. The SMILES string of the molecule is COC(=O)CNC(=O)[C@H]1CCCN1C(=O)CNC(=O)CNC(=O)[C@@H]1CCCN1C(=O)CNC(=O)OCc1ccccc1. The molecule has 4 N–H and O–H groups in total. The van der Waals surface area contributed by atoms with Gasteiger partial charge in [-0.2, -0.15) is 0 Å². The minimum atomic E-state index is -0.803. The fraction of sp³-hybridized carbons (Fsp3) is 0.519. The molecule has 2 aliphatic heterocycles. The maximum atomic E-state index is 12.7. The van der Waals surface area contributed by atoms with Gasteiger partial charge in [0.1, 0.15) is 31.8 Å². The summed E-state index contributed by atoms with van der Waals surface area (Å²) < 4.78 is 9.57. The Morgan fingerprint density at radius 3 is 1.86 bits per heavy atom. The van der Waals surface area contributed by atoms with Gasteiger partial charge in [0.05, 0.1) is 20.2 Å². The van der Waals surface area contributed by atoms with Crippen LogP contribution in [0.25, 0.3) is 0 Å². The Morgan fingerprint density at radius 2 is 1.29 bits per heavy atom. The molecule has 0 bridgehead atoms. The van der Waals surface area contributed by atoms with Crippen molar-refractivity contribution in [1.29, 1.82) is 0 Å². The first-order valence-corrected chi connectivity index (χ1v) is 13.6. The topological polar surface area (TPSA) is 193 Å². The van der Waals surface area contributed by atoms with Crippen LogP contribution < -0.4 is 21.3 Å². The van der Waals surface area contributed by atoms with Crippen molar-refractivity contribution in [3.63, 3.8) is 0 Å². The molecule has 15 nitrogen and oxygen atoms in total. The number of hydrogen-bond acceptors (Lipinski definition) is 9. The van der Waals surface area contributed by atoms with Gasteiger partial charge in [-0.05, 0) is 31.2 Å². The molecule has 0 spiro atoms. The van der Waals surface area contributed by atoms with E-state index in [4.69, 9.17) is 4.74 Å². The Labute approximate surface area is 242 Å². The van der Waals surface area contributed by atoms with E-state index in [1.165, 1.54) is 16.9 Å². The van der Waals surface area contributed by atoms with Crippen molar-refractivity contribution in [2.75, 3.05) is 46.4 Å². The Balaban J connectivity index is 1.36. The summed E-state index contributed by atoms with van der Waals surface area (Å²) in [6, 6.07) is 7.49. The van der Waals surface area contributed by atoms with Crippen LogP contribution in [0, 0.1) is 0 Å². The van der Waals surface area contributed by atoms with E-state index in [0.717, 1.165) is 5.56 Å². The van der Waals surface area contributed by atoms with Gasteiger partial charge in [-0.1, -0.05) is 30.3 Å². The number of rotatable bonds is 12. The number of nitrogens with zero attached hydrogens (tertiary/aromatic N) is 2. The second-order valence-corrected chi connectivity index (χ2v) is 9.69. The standard InChI is InChI=1S/C27H36N6O9/c1-41-24(37)16-30-26(39)20-10-6-11-32(20)22(35)14-28-21(34)13-29-25(38)19-9-5-12-33(19)23(36)15-31-27(40)42-17-18-7-3-2-4-8-18/h2-4,7-8,19-20H,5-6,9-17H2,1H3,(H,28,34)(H,29,38)(H,30,39)(H,31,40)/t19-,20+/m0/s1. The van der Waals surface area contributed by atoms with Crippen LogP contribution in [0.3, 0.4) is 0 Å². The highest BCUT2D eigenvalue weighted by Gasteiger charge is 2.35. The third-order valence-electron chi connectivity index (χ3n) is 6.84. The molecule has 0 radical (unpaired) electrons. The number of nitrogens with one attached hydrogen (secondary N) is 4. The zero-order valence-electron chi connectivity index (χ0n) is 23.4. The van der Waals surface area contributed by atoms with E-state index >= 15 is 0 Å². The summed E-state index contributed by atoms with van der Waals surface area (Å²) in [6.07, 6.45) is 1.22. The molecule has 228 valence electrons. The lowest BCUT2D eigenvalue weighted by Crippen LogP contribution is -2.52. The number of amides is 6. The van der Waals surface area contributed by atoms with E-state index in [0.29, 0.717) is 38.8 Å². The van der Waals surface area contributed by atoms with Crippen LogP contribution >= 0.6 is 0 Å². The quantitative estimate of drug-likeness (QED) is 0.209. The van der Waals surface area contributed by atoms with Crippen LogP contribution in [0.2, 0.25) is 0 Å². The third-order valence-corrected chi connectivity index (χ3v) is 6.84. The fourth-order valence-corrected chi connectivity index (χ4v) is 4.67. The largest absolute Gasteiger partial charge is 0.468 e. The second kappa shape index (κ2) is 15.9. The van der Waals surface area contributed by atoms with Gasteiger partial charge in [-0.15, -0.1) is 0 Å². The van der Waals surface area contributed by atoms with Gasteiger partial charge in [-0.3, -0.25) is 28.8 Å². The van der Waals surface area contributed by atoms with Crippen molar-refractivity contribution in [2.45, 2.75) is 44.4 Å². The molecule has 6 amide bonds. The highest BCUT2D eigenvalue weighted by atomic mass is 16.5. The lowest BCUT2D eigenvalue weighted by Gasteiger charge is -2.24. The van der Waals surface area contributed by atoms with Crippen LogP contribution in [0.15, 0.2) is 30.3 Å². The van der Waals surface area contributed by atoms with Crippen molar-refractivity contribution in [3.8, 4) is 0 Å². The molecule has 0 unspecified atom stereocenters. The molecule has 1 aromatic rings. The van der Waals surface area contributed by atoms with Gasteiger partial charge >= 0.3 is 12.1 Å². The second-order valence-electron chi connectivity index (χ2n) is 9.69. The van der Waals surface area contributed by atoms with Crippen LogP contribution in [0.5, 0.6) is 0 Å². The molecule has 3 rings (SSSR count). The lowest BCUT2D eigenvalue weighted by molar-refractivity contribution is -0.142. The molecule has 2 fully saturated rings. The van der Waals surface area contributed by atoms with Gasteiger partial charge in [0.25, 0.3) is 0 Å². The lowest BCUT2D eigenvalue weighted by atomic mass is 10.2.